The Labute approximate surface area is 204 Å². The molecule has 3 N–H and O–H groups in total. The van der Waals surface area contributed by atoms with Crippen molar-refractivity contribution in [3.05, 3.63) is 59.7 Å². The van der Waals surface area contributed by atoms with E-state index >= 15 is 0 Å². The number of anilines is 4. The normalized spacial score (nSPS) is 20.8. The van der Waals surface area contributed by atoms with Gasteiger partial charge in [-0.15, -0.1) is 0 Å². The zero-order valence-corrected chi connectivity index (χ0v) is 16.4. The smallest absolute Gasteiger partial charge is 0.238 e. The second-order valence-electron chi connectivity index (χ2n) is 6.01. The number of nitrogens with two attached hydrogens (primary N) is 1. The number of nitrogens with one attached hydrogen (secondary N) is 1. The summed E-state index contributed by atoms with van der Waals surface area (Å²) in [5.41, 5.74) is -3.61. The highest BCUT2D eigenvalue weighted by molar-refractivity contribution is 7.89. The van der Waals surface area contributed by atoms with Gasteiger partial charge in [-0.3, -0.25) is 4.68 Å². The highest BCUT2D eigenvalue weighted by Crippen LogP contribution is 2.28. The largest absolute Gasteiger partial charge is 0.329 e. The number of sulfonamides is 1. The van der Waals surface area contributed by atoms with Crippen molar-refractivity contribution in [2.75, 3.05) is 17.2 Å². The van der Waals surface area contributed by atoms with Crippen LogP contribution in [0.3, 0.4) is 0 Å². The summed E-state index contributed by atoms with van der Waals surface area (Å²) in [6, 6.07) is -6.95. The van der Waals surface area contributed by atoms with Crippen LogP contribution in [0, 0.1) is 13.8 Å². The summed E-state index contributed by atoms with van der Waals surface area (Å²) in [5.74, 6) is -1.88. The third-order valence-corrected chi connectivity index (χ3v) is 4.81. The number of fused-ring (bicyclic) bond motifs is 1. The molecule has 4 rings (SSSR count). The van der Waals surface area contributed by atoms with Gasteiger partial charge in [-0.05, 0) is 55.6 Å². The minimum atomic E-state index is -5.02. The maximum Gasteiger partial charge on any atom is 0.238 e. The van der Waals surface area contributed by atoms with Gasteiger partial charge in [-0.1, -0.05) is 6.04 Å². The number of hydrogen-bond acceptors (Lipinski definition) is 7. The van der Waals surface area contributed by atoms with Crippen molar-refractivity contribution < 1.29 is 31.7 Å². The van der Waals surface area contributed by atoms with Crippen LogP contribution in [-0.4, -0.2) is 35.1 Å². The molecule has 0 saturated carbocycles. The van der Waals surface area contributed by atoms with Crippen LogP contribution >= 0.6 is 0 Å². The van der Waals surface area contributed by atoms with Crippen molar-refractivity contribution in [3.8, 4) is 0 Å². The van der Waals surface area contributed by atoms with E-state index in [1.54, 1.807) is 0 Å². The molecule has 160 valence electrons. The van der Waals surface area contributed by atoms with Crippen LogP contribution < -0.4 is 15.4 Å². The third-order valence-electron chi connectivity index (χ3n) is 3.94. The van der Waals surface area contributed by atoms with Gasteiger partial charge in [0, 0.05) is 54.9 Å². The number of benzene rings is 2. The van der Waals surface area contributed by atoms with Crippen LogP contribution in [0.25, 0.3) is 10.9 Å². The topological polar surface area (TPSA) is 119 Å². The van der Waals surface area contributed by atoms with Crippen molar-refractivity contribution in [1.29, 1.82) is 0 Å². The van der Waals surface area contributed by atoms with Gasteiger partial charge in [0.05, 0.1) is 21.4 Å². The van der Waals surface area contributed by atoms with Gasteiger partial charge in [0.2, 0.25) is 16.0 Å². The minimum absolute atomic E-state index is 0.123. The molecular formula is C21H23N7O2S. The van der Waals surface area contributed by atoms with Crippen LogP contribution in [0.15, 0.2) is 53.4 Å². The molecule has 0 radical (unpaired) electrons. The maximum atomic E-state index is 12.4. The Bertz CT molecular complexity index is 2110. The Hall–Kier alpha value is -3.50. The summed E-state index contributed by atoms with van der Waals surface area (Å²) in [6.07, 6.45) is -1.01. The van der Waals surface area contributed by atoms with Crippen LogP contribution in [-0.2, 0) is 17.0 Å². The standard InChI is InChI=1S/C21H23N7O2S/c1-13-5-6-15(11-19(13)31(22,29)30)24-21-23-10-9-20(25-21)27(3)16-7-8-17-14(2)28(4)26-18(17)12-16/h5-12H,1-4H3,(H2,22,29,30)(H,23,24,25)/i1D3,3D3,4D3,5D,6D,7D,8D,9D,10D,11D,12D. The second kappa shape index (κ2) is 7.64. The second-order valence-corrected chi connectivity index (χ2v) is 7.51. The molecule has 2 aromatic carbocycles. The predicted octanol–water partition coefficient (Wildman–Crippen LogP) is 3.14. The summed E-state index contributed by atoms with van der Waals surface area (Å²) in [4.78, 5) is 6.34. The lowest BCUT2D eigenvalue weighted by Gasteiger charge is -2.19. The van der Waals surface area contributed by atoms with Gasteiger partial charge >= 0.3 is 0 Å². The van der Waals surface area contributed by atoms with Gasteiger partial charge in [0.25, 0.3) is 0 Å². The predicted molar refractivity (Wildman–Crippen MR) is 121 cm³/mol. The summed E-state index contributed by atoms with van der Waals surface area (Å²) in [7, 11) is -5.02. The number of primary sulfonamides is 1. The average molecular weight is 455 g/mol. The van der Waals surface area contributed by atoms with E-state index in [9.17, 15) is 8.42 Å². The van der Waals surface area contributed by atoms with Crippen LogP contribution in [0.4, 0.5) is 23.1 Å². The Balaban J connectivity index is 2.04. The van der Waals surface area contributed by atoms with Crippen molar-refractivity contribution in [2.45, 2.75) is 18.7 Å². The Morgan fingerprint density at radius 1 is 1.23 bits per heavy atom. The number of aryl methyl sites for hydroxylation is 2. The van der Waals surface area contributed by atoms with E-state index < -0.39 is 118 Å². The van der Waals surface area contributed by atoms with Gasteiger partial charge in [0.1, 0.15) is 5.82 Å². The first-order valence-electron chi connectivity index (χ1n) is 16.7. The van der Waals surface area contributed by atoms with Crippen LogP contribution in [0.2, 0.25) is 0 Å². The number of rotatable bonds is 5. The lowest BCUT2D eigenvalue weighted by Crippen LogP contribution is -2.14. The zero-order chi connectivity index (χ0) is 36.8. The molecule has 0 spiro atoms. The molecule has 10 heteroatoms. The Morgan fingerprint density at radius 2 is 2.10 bits per heavy atom. The molecule has 0 fully saturated rings. The molecule has 31 heavy (non-hydrogen) atoms. The van der Waals surface area contributed by atoms with Crippen LogP contribution in [0.1, 0.15) is 34.6 Å². The quantitative estimate of drug-likeness (QED) is 0.475. The number of hydrogen-bond donors (Lipinski definition) is 2. The highest BCUT2D eigenvalue weighted by atomic mass is 32.2. The van der Waals surface area contributed by atoms with Crippen molar-refractivity contribution in [3.63, 3.8) is 0 Å². The maximum absolute atomic E-state index is 12.4. The first-order chi connectivity index (χ1) is 21.6. The fraction of sp³-hybridized carbons (Fsp3) is 0.190. The molecule has 0 aliphatic rings. The summed E-state index contributed by atoms with van der Waals surface area (Å²) in [5, 5.41) is 11.0. The molecule has 0 aliphatic carbocycles. The van der Waals surface area contributed by atoms with Gasteiger partial charge in [-0.25, -0.2) is 18.5 Å². The lowest BCUT2D eigenvalue weighted by molar-refractivity contribution is 0.597. The zero-order valence-electron chi connectivity index (χ0n) is 32.5. The molecule has 0 amide bonds. The molecular weight excluding hydrogens is 414 g/mol. The van der Waals surface area contributed by atoms with E-state index in [1.807, 2.05) is 0 Å². The summed E-state index contributed by atoms with van der Waals surface area (Å²) >= 11 is 0. The van der Waals surface area contributed by atoms with E-state index in [2.05, 4.69) is 20.4 Å². The molecule has 2 aromatic heterocycles. The van der Waals surface area contributed by atoms with Crippen molar-refractivity contribution in [1.82, 2.24) is 19.7 Å². The number of aromatic nitrogens is 4. The fourth-order valence-electron chi connectivity index (χ4n) is 2.44. The molecule has 0 saturated heterocycles. The molecule has 0 atom stereocenters. The first-order valence-corrected chi connectivity index (χ1v) is 9.76. The molecule has 0 unspecified atom stereocenters. The monoisotopic (exact) mass is 454 g/mol. The summed E-state index contributed by atoms with van der Waals surface area (Å²) in [6.45, 7) is -8.36. The van der Waals surface area contributed by atoms with Gasteiger partial charge < -0.3 is 10.2 Å². The van der Waals surface area contributed by atoms with E-state index in [-0.39, 0.29) is 16.0 Å². The third kappa shape index (κ3) is 4.07. The molecule has 9 nitrogen and oxygen atoms in total. The van der Waals surface area contributed by atoms with E-state index in [1.165, 1.54) is 6.92 Å². The lowest BCUT2D eigenvalue weighted by atomic mass is 10.2. The molecule has 4 aromatic rings. The summed E-state index contributed by atoms with van der Waals surface area (Å²) < 4.78 is 163. The van der Waals surface area contributed by atoms with E-state index in [4.69, 9.17) is 28.4 Å². The molecule has 2 heterocycles. The fourth-order valence-corrected chi connectivity index (χ4v) is 3.02. The Kier molecular flexibility index (Phi) is 2.11. The van der Waals surface area contributed by atoms with Crippen molar-refractivity contribution >= 4 is 44.1 Å². The first kappa shape index (κ1) is 8.56. The average Bonchev–Trinajstić information content (AvgIpc) is 3.27. The van der Waals surface area contributed by atoms with E-state index in [0.29, 0.717) is 4.68 Å². The highest BCUT2D eigenvalue weighted by Gasteiger charge is 2.14. The van der Waals surface area contributed by atoms with Crippen molar-refractivity contribution in [2.24, 2.45) is 12.1 Å². The minimum Gasteiger partial charge on any atom is -0.329 e. The van der Waals surface area contributed by atoms with Gasteiger partial charge in [0.15, 0.2) is 0 Å². The molecule has 0 aliphatic heterocycles. The van der Waals surface area contributed by atoms with Gasteiger partial charge in [-0.2, -0.15) is 10.1 Å². The molecule has 0 bridgehead atoms. The van der Waals surface area contributed by atoms with Crippen LogP contribution in [0.5, 0.6) is 0 Å². The SMILES string of the molecule is [2H]c1nc(Nc2c([2H])c([2H])c(C([2H])([2H])[2H])c(S(N)(=O)=O)c2[2H])nc(N(c2c([2H])c([2H])c3c(C)n(C([2H])([2H])[2H])nc3c2[2H])C([2H])([2H])[2H])c1[2H]. The Morgan fingerprint density at radius 3 is 2.84 bits per heavy atom. The number of nitrogens with zero attached hydrogens (tertiary/aromatic N) is 5. The van der Waals surface area contributed by atoms with E-state index in [0.717, 1.165) is 0 Å².